The van der Waals surface area contributed by atoms with E-state index in [2.05, 4.69) is 0 Å². The lowest BCUT2D eigenvalue weighted by Gasteiger charge is -2.14. The molecule has 0 aliphatic rings. The molecule has 1 atom stereocenters. The molecule has 0 bridgehead atoms. The van der Waals surface area contributed by atoms with Crippen molar-refractivity contribution in [1.29, 1.82) is 0 Å². The topological polar surface area (TPSA) is 83.5 Å². The fourth-order valence-electron chi connectivity index (χ4n) is 1.46. The highest BCUT2D eigenvalue weighted by atomic mass is 35.5. The molecule has 0 unspecified atom stereocenters. The lowest BCUT2D eigenvalue weighted by Crippen LogP contribution is -2.40. The SMILES string of the molecule is CCC[C@@H](NS(=O)(=O)c1cc(F)ccc1Cl)C(=O)O. The van der Waals surface area contributed by atoms with Crippen molar-refractivity contribution in [3.8, 4) is 0 Å². The summed E-state index contributed by atoms with van der Waals surface area (Å²) in [7, 11) is -4.18. The molecule has 0 aromatic heterocycles. The van der Waals surface area contributed by atoms with Crippen molar-refractivity contribution >= 4 is 27.6 Å². The van der Waals surface area contributed by atoms with E-state index in [1.807, 2.05) is 4.72 Å². The van der Waals surface area contributed by atoms with Crippen molar-refractivity contribution in [2.24, 2.45) is 0 Å². The number of benzene rings is 1. The highest BCUT2D eigenvalue weighted by Crippen LogP contribution is 2.22. The van der Waals surface area contributed by atoms with E-state index >= 15 is 0 Å². The first-order valence-electron chi connectivity index (χ1n) is 5.48. The van der Waals surface area contributed by atoms with Gasteiger partial charge in [-0.1, -0.05) is 24.9 Å². The number of rotatable bonds is 6. The molecule has 5 nitrogen and oxygen atoms in total. The van der Waals surface area contributed by atoms with E-state index in [9.17, 15) is 17.6 Å². The zero-order valence-corrected chi connectivity index (χ0v) is 11.6. The van der Waals surface area contributed by atoms with Gasteiger partial charge >= 0.3 is 5.97 Å². The molecule has 0 heterocycles. The fraction of sp³-hybridized carbons (Fsp3) is 0.364. The van der Waals surface area contributed by atoms with Crippen molar-refractivity contribution in [3.63, 3.8) is 0 Å². The molecule has 19 heavy (non-hydrogen) atoms. The Morgan fingerprint density at radius 2 is 2.16 bits per heavy atom. The molecule has 106 valence electrons. The highest BCUT2D eigenvalue weighted by Gasteiger charge is 2.26. The van der Waals surface area contributed by atoms with Crippen LogP contribution in [0.2, 0.25) is 5.02 Å². The van der Waals surface area contributed by atoms with Crippen LogP contribution in [0.4, 0.5) is 4.39 Å². The number of sulfonamides is 1. The molecule has 1 rings (SSSR count). The summed E-state index contributed by atoms with van der Waals surface area (Å²) in [6.07, 6.45) is 0.609. The van der Waals surface area contributed by atoms with E-state index in [1.165, 1.54) is 0 Å². The summed E-state index contributed by atoms with van der Waals surface area (Å²) in [5.41, 5.74) is 0. The predicted molar refractivity (Wildman–Crippen MR) is 68.1 cm³/mol. The summed E-state index contributed by atoms with van der Waals surface area (Å²) in [5, 5.41) is 8.73. The molecule has 0 spiro atoms. The monoisotopic (exact) mass is 309 g/mol. The smallest absolute Gasteiger partial charge is 0.321 e. The van der Waals surface area contributed by atoms with Crippen LogP contribution in [-0.2, 0) is 14.8 Å². The van der Waals surface area contributed by atoms with Crippen LogP contribution in [0.25, 0.3) is 0 Å². The van der Waals surface area contributed by atoms with Gasteiger partial charge in [-0.15, -0.1) is 0 Å². The summed E-state index contributed by atoms with van der Waals surface area (Å²) in [5.74, 6) is -2.06. The zero-order valence-electron chi connectivity index (χ0n) is 10.1. The van der Waals surface area contributed by atoms with Gasteiger partial charge in [-0.2, -0.15) is 4.72 Å². The molecule has 0 saturated carbocycles. The number of aliphatic carboxylic acids is 1. The minimum Gasteiger partial charge on any atom is -0.480 e. The van der Waals surface area contributed by atoms with E-state index in [0.29, 0.717) is 6.42 Å². The second kappa shape index (κ2) is 6.31. The van der Waals surface area contributed by atoms with Crippen LogP contribution in [0, 0.1) is 5.82 Å². The van der Waals surface area contributed by atoms with E-state index in [4.69, 9.17) is 16.7 Å². The molecular weight excluding hydrogens is 297 g/mol. The zero-order chi connectivity index (χ0) is 14.6. The van der Waals surface area contributed by atoms with Gasteiger partial charge in [0.05, 0.1) is 5.02 Å². The van der Waals surface area contributed by atoms with E-state index in [-0.39, 0.29) is 11.4 Å². The fourth-order valence-corrected chi connectivity index (χ4v) is 3.19. The number of nitrogens with one attached hydrogen (secondary N) is 1. The Morgan fingerprint density at radius 3 is 2.68 bits per heavy atom. The predicted octanol–water partition coefficient (Wildman–Crippen LogP) is 2.01. The van der Waals surface area contributed by atoms with Crippen molar-refractivity contribution in [3.05, 3.63) is 29.0 Å². The van der Waals surface area contributed by atoms with Crippen LogP contribution >= 0.6 is 11.6 Å². The quantitative estimate of drug-likeness (QED) is 0.842. The number of hydrogen-bond acceptors (Lipinski definition) is 3. The van der Waals surface area contributed by atoms with Gasteiger partial charge in [-0.05, 0) is 24.6 Å². The molecular formula is C11H13ClFNO4S. The van der Waals surface area contributed by atoms with Gasteiger partial charge in [-0.25, -0.2) is 12.8 Å². The Balaban J connectivity index is 3.10. The van der Waals surface area contributed by atoms with Crippen molar-refractivity contribution < 1.29 is 22.7 Å². The number of carboxylic acids is 1. The van der Waals surface area contributed by atoms with Crippen LogP contribution < -0.4 is 4.72 Å². The second-order valence-corrected chi connectivity index (χ2v) is 5.97. The summed E-state index contributed by atoms with van der Waals surface area (Å²) in [4.78, 5) is 10.4. The molecule has 2 N–H and O–H groups in total. The largest absolute Gasteiger partial charge is 0.480 e. The summed E-state index contributed by atoms with van der Waals surface area (Å²) < 4.78 is 39.0. The van der Waals surface area contributed by atoms with Crippen molar-refractivity contribution in [1.82, 2.24) is 4.72 Å². The lowest BCUT2D eigenvalue weighted by atomic mass is 10.2. The Labute approximate surface area is 115 Å². The van der Waals surface area contributed by atoms with E-state index < -0.39 is 32.7 Å². The van der Waals surface area contributed by atoms with Gasteiger partial charge in [0.15, 0.2) is 0 Å². The van der Waals surface area contributed by atoms with Crippen LogP contribution in [-0.4, -0.2) is 25.5 Å². The number of hydrogen-bond donors (Lipinski definition) is 2. The normalized spacial score (nSPS) is 13.2. The average Bonchev–Trinajstić information content (AvgIpc) is 2.31. The lowest BCUT2D eigenvalue weighted by molar-refractivity contribution is -0.139. The van der Waals surface area contributed by atoms with Crippen LogP contribution in [0.3, 0.4) is 0 Å². The third-order valence-corrected chi connectivity index (χ3v) is 4.31. The maximum atomic E-state index is 13.1. The Bertz CT molecular complexity index is 576. The highest BCUT2D eigenvalue weighted by molar-refractivity contribution is 7.89. The standard InChI is InChI=1S/C11H13ClFNO4S/c1-2-3-9(11(15)16)14-19(17,18)10-6-7(13)4-5-8(10)12/h4-6,9,14H,2-3H2,1H3,(H,15,16)/t9-/m1/s1. The van der Waals surface area contributed by atoms with Gasteiger partial charge in [0.2, 0.25) is 10.0 Å². The molecule has 1 aromatic carbocycles. The summed E-state index contributed by atoms with van der Waals surface area (Å²) in [6, 6.07) is 1.59. The number of carbonyl (C=O) groups is 1. The van der Waals surface area contributed by atoms with Gasteiger partial charge in [-0.3, -0.25) is 4.79 Å². The van der Waals surface area contributed by atoms with Crippen LogP contribution in [0.5, 0.6) is 0 Å². The Hall–Kier alpha value is -1.18. The van der Waals surface area contributed by atoms with Crippen LogP contribution in [0.15, 0.2) is 23.1 Å². The Kier molecular flexibility index (Phi) is 5.28. The first kappa shape index (κ1) is 15.9. The van der Waals surface area contributed by atoms with Crippen molar-refractivity contribution in [2.45, 2.75) is 30.7 Å². The molecule has 0 aliphatic heterocycles. The molecule has 0 radical (unpaired) electrons. The third kappa shape index (κ3) is 4.15. The minimum absolute atomic E-state index is 0.126. The first-order chi connectivity index (χ1) is 8.77. The van der Waals surface area contributed by atoms with E-state index in [0.717, 1.165) is 18.2 Å². The maximum absolute atomic E-state index is 13.1. The van der Waals surface area contributed by atoms with Crippen molar-refractivity contribution in [2.75, 3.05) is 0 Å². The molecule has 1 aromatic rings. The van der Waals surface area contributed by atoms with Gasteiger partial charge in [0.1, 0.15) is 16.8 Å². The first-order valence-corrected chi connectivity index (χ1v) is 7.34. The molecule has 0 fully saturated rings. The maximum Gasteiger partial charge on any atom is 0.321 e. The molecule has 8 heteroatoms. The minimum atomic E-state index is -4.18. The molecule has 0 amide bonds. The number of halogens is 2. The number of carboxylic acid groups (broad SMARTS) is 1. The summed E-state index contributed by atoms with van der Waals surface area (Å²) >= 11 is 5.69. The van der Waals surface area contributed by atoms with Crippen LogP contribution in [0.1, 0.15) is 19.8 Å². The molecule has 0 saturated heterocycles. The third-order valence-electron chi connectivity index (χ3n) is 2.36. The average molecular weight is 310 g/mol. The molecule has 0 aliphatic carbocycles. The van der Waals surface area contributed by atoms with Gasteiger partial charge in [0, 0.05) is 0 Å². The van der Waals surface area contributed by atoms with Gasteiger partial charge in [0.25, 0.3) is 0 Å². The Morgan fingerprint density at radius 1 is 1.53 bits per heavy atom. The second-order valence-electron chi connectivity index (χ2n) is 3.88. The van der Waals surface area contributed by atoms with Gasteiger partial charge < -0.3 is 5.11 Å². The summed E-state index contributed by atoms with van der Waals surface area (Å²) in [6.45, 7) is 1.72. The van der Waals surface area contributed by atoms with E-state index in [1.54, 1.807) is 6.92 Å².